The summed E-state index contributed by atoms with van der Waals surface area (Å²) in [6.07, 6.45) is 0.667. The van der Waals surface area contributed by atoms with Crippen LogP contribution in [0.5, 0.6) is 5.75 Å². The molecule has 9 heteroatoms. The van der Waals surface area contributed by atoms with Crippen LogP contribution < -0.4 is 10.1 Å². The molecule has 2 aromatic heterocycles. The fraction of sp³-hybridized carbons (Fsp3) is 0.190. The van der Waals surface area contributed by atoms with Gasteiger partial charge in [-0.2, -0.15) is 0 Å². The molecule has 1 unspecified atom stereocenters. The Balaban J connectivity index is 1.47. The van der Waals surface area contributed by atoms with Crippen molar-refractivity contribution in [2.75, 3.05) is 12.4 Å². The molecule has 152 valence electrons. The Morgan fingerprint density at radius 1 is 1.10 bits per heavy atom. The molecule has 0 saturated heterocycles. The topological polar surface area (TPSA) is 103 Å². The molecule has 1 N–H and O–H groups in total. The molecular weight excluding hydrogens is 404 g/mol. The third-order valence-corrected chi connectivity index (χ3v) is 5.33. The van der Waals surface area contributed by atoms with Crippen LogP contribution >= 0.6 is 11.3 Å². The van der Waals surface area contributed by atoms with Gasteiger partial charge in [0.15, 0.2) is 16.9 Å². The second-order valence-corrected chi connectivity index (χ2v) is 7.42. The summed E-state index contributed by atoms with van der Waals surface area (Å²) < 4.78 is 11.5. The Bertz CT molecular complexity index is 1240. The van der Waals surface area contributed by atoms with E-state index in [0.29, 0.717) is 28.3 Å². The van der Waals surface area contributed by atoms with Crippen LogP contribution in [0.1, 0.15) is 23.8 Å². The molecule has 1 atom stereocenters. The Morgan fingerprint density at radius 3 is 2.67 bits per heavy atom. The molecule has 0 aliphatic carbocycles. The van der Waals surface area contributed by atoms with Crippen molar-refractivity contribution in [1.82, 2.24) is 15.0 Å². The van der Waals surface area contributed by atoms with Crippen LogP contribution in [0.25, 0.3) is 21.3 Å². The van der Waals surface area contributed by atoms with Crippen LogP contribution in [0.15, 0.2) is 48.7 Å². The van der Waals surface area contributed by atoms with E-state index >= 15 is 0 Å². The number of thiazole rings is 1. The summed E-state index contributed by atoms with van der Waals surface area (Å²) in [5.74, 6) is -0.448. The Kier molecular flexibility index (Phi) is 5.53. The van der Waals surface area contributed by atoms with Gasteiger partial charge in [-0.15, -0.1) is 0 Å². The summed E-state index contributed by atoms with van der Waals surface area (Å²) in [7, 11) is 1.59. The second kappa shape index (κ2) is 8.42. The maximum atomic E-state index is 12.6. The van der Waals surface area contributed by atoms with Gasteiger partial charge in [0.2, 0.25) is 0 Å². The molecule has 0 bridgehead atoms. The molecule has 4 aromatic rings. The number of fused-ring (bicyclic) bond motifs is 2. The highest BCUT2D eigenvalue weighted by Gasteiger charge is 2.24. The van der Waals surface area contributed by atoms with Gasteiger partial charge in [-0.3, -0.25) is 15.1 Å². The highest BCUT2D eigenvalue weighted by Crippen LogP contribution is 2.29. The maximum Gasteiger partial charge on any atom is 0.359 e. The standard InChI is InChI=1S/C21H18N4O4S/c1-3-17(29-20(27)16-11-22-13-6-4-5-7-14(13)23-16)19(26)25-21-24-15-9-8-12(28-2)10-18(15)30-21/h4-11,17H,3H2,1-2H3,(H,24,25,26). The summed E-state index contributed by atoms with van der Waals surface area (Å²) in [5.41, 5.74) is 2.04. The summed E-state index contributed by atoms with van der Waals surface area (Å²) in [5, 5.41) is 3.14. The first-order chi connectivity index (χ1) is 14.6. The number of esters is 1. The van der Waals surface area contributed by atoms with Gasteiger partial charge in [-0.05, 0) is 36.8 Å². The summed E-state index contributed by atoms with van der Waals surface area (Å²) in [6.45, 7) is 1.76. The van der Waals surface area contributed by atoms with Gasteiger partial charge in [0.1, 0.15) is 5.75 Å². The molecule has 1 amide bonds. The van der Waals surface area contributed by atoms with Gasteiger partial charge in [0.05, 0.1) is 34.6 Å². The van der Waals surface area contributed by atoms with Crippen molar-refractivity contribution in [1.29, 1.82) is 0 Å². The van der Waals surface area contributed by atoms with E-state index in [2.05, 4.69) is 20.3 Å². The van der Waals surface area contributed by atoms with Crippen molar-refractivity contribution in [3.05, 3.63) is 54.4 Å². The molecule has 0 fully saturated rings. The lowest BCUT2D eigenvalue weighted by atomic mass is 10.2. The molecule has 0 saturated carbocycles. The van der Waals surface area contributed by atoms with Crippen molar-refractivity contribution in [2.24, 2.45) is 0 Å². The maximum absolute atomic E-state index is 12.6. The first kappa shape index (κ1) is 19.7. The van der Waals surface area contributed by atoms with Crippen LogP contribution in [-0.2, 0) is 9.53 Å². The van der Waals surface area contributed by atoms with E-state index in [-0.39, 0.29) is 5.69 Å². The predicted octanol–water partition coefficient (Wildman–Crippen LogP) is 3.82. The van der Waals surface area contributed by atoms with Gasteiger partial charge in [-0.1, -0.05) is 30.4 Å². The van der Waals surface area contributed by atoms with E-state index < -0.39 is 18.0 Å². The molecule has 0 radical (unpaired) electrons. The smallest absolute Gasteiger partial charge is 0.359 e. The monoisotopic (exact) mass is 422 g/mol. The van der Waals surface area contributed by atoms with Crippen molar-refractivity contribution >= 4 is 49.6 Å². The van der Waals surface area contributed by atoms with E-state index in [1.54, 1.807) is 32.2 Å². The third kappa shape index (κ3) is 4.06. The summed E-state index contributed by atoms with van der Waals surface area (Å²) in [6, 6.07) is 12.7. The number of carbonyl (C=O) groups excluding carboxylic acids is 2. The predicted molar refractivity (Wildman–Crippen MR) is 114 cm³/mol. The van der Waals surface area contributed by atoms with Gasteiger partial charge < -0.3 is 9.47 Å². The minimum Gasteiger partial charge on any atom is -0.497 e. The van der Waals surface area contributed by atoms with E-state index in [0.717, 1.165) is 10.2 Å². The minimum atomic E-state index is -0.979. The SMILES string of the molecule is CCC(OC(=O)c1cnc2ccccc2n1)C(=O)Nc1nc2ccc(OC)cc2s1. The van der Waals surface area contributed by atoms with E-state index in [4.69, 9.17) is 9.47 Å². The Hall–Kier alpha value is -3.59. The van der Waals surface area contributed by atoms with Crippen LogP contribution in [0, 0.1) is 0 Å². The molecular formula is C21H18N4O4S. The highest BCUT2D eigenvalue weighted by atomic mass is 32.1. The zero-order valence-electron chi connectivity index (χ0n) is 16.3. The fourth-order valence-corrected chi connectivity index (χ4v) is 3.74. The number of nitrogens with zero attached hydrogens (tertiary/aromatic N) is 3. The number of anilines is 1. The quantitative estimate of drug-likeness (QED) is 0.471. The Labute approximate surface area is 175 Å². The van der Waals surface area contributed by atoms with Gasteiger partial charge >= 0.3 is 5.97 Å². The normalized spacial score (nSPS) is 11.9. The van der Waals surface area contributed by atoms with Crippen LogP contribution in [0.2, 0.25) is 0 Å². The van der Waals surface area contributed by atoms with Crippen molar-refractivity contribution < 1.29 is 19.1 Å². The molecule has 30 heavy (non-hydrogen) atoms. The number of rotatable bonds is 6. The largest absolute Gasteiger partial charge is 0.497 e. The molecule has 2 heterocycles. The third-order valence-electron chi connectivity index (χ3n) is 4.40. The van der Waals surface area contributed by atoms with Crippen LogP contribution in [0.4, 0.5) is 5.13 Å². The lowest BCUT2D eigenvalue weighted by Gasteiger charge is -2.14. The molecule has 0 aliphatic heterocycles. The van der Waals surface area contributed by atoms with Crippen molar-refractivity contribution in [3.8, 4) is 5.75 Å². The molecule has 0 spiro atoms. The average molecular weight is 422 g/mol. The number of benzene rings is 2. The summed E-state index contributed by atoms with van der Waals surface area (Å²) >= 11 is 1.31. The van der Waals surface area contributed by atoms with Crippen molar-refractivity contribution in [3.63, 3.8) is 0 Å². The lowest BCUT2D eigenvalue weighted by Crippen LogP contribution is -2.32. The number of hydrogen-bond acceptors (Lipinski definition) is 8. The number of nitrogens with one attached hydrogen (secondary N) is 1. The zero-order valence-corrected chi connectivity index (χ0v) is 17.1. The first-order valence-electron chi connectivity index (χ1n) is 9.25. The van der Waals surface area contributed by atoms with Crippen LogP contribution in [-0.4, -0.2) is 40.0 Å². The highest BCUT2D eigenvalue weighted by molar-refractivity contribution is 7.22. The van der Waals surface area contributed by atoms with Gasteiger partial charge in [0.25, 0.3) is 5.91 Å². The van der Waals surface area contributed by atoms with Crippen LogP contribution in [0.3, 0.4) is 0 Å². The molecule has 8 nitrogen and oxygen atoms in total. The molecule has 0 aliphatic rings. The minimum absolute atomic E-state index is 0.0482. The first-order valence-corrected chi connectivity index (χ1v) is 10.1. The lowest BCUT2D eigenvalue weighted by molar-refractivity contribution is -0.124. The van der Waals surface area contributed by atoms with E-state index in [1.165, 1.54) is 17.5 Å². The second-order valence-electron chi connectivity index (χ2n) is 6.39. The number of ether oxygens (including phenoxy) is 2. The average Bonchev–Trinajstić information content (AvgIpc) is 3.17. The summed E-state index contributed by atoms with van der Waals surface area (Å²) in [4.78, 5) is 38.0. The number of hydrogen-bond donors (Lipinski definition) is 1. The number of amides is 1. The van der Waals surface area contributed by atoms with Crippen molar-refractivity contribution in [2.45, 2.75) is 19.4 Å². The Morgan fingerprint density at radius 2 is 1.90 bits per heavy atom. The molecule has 4 rings (SSSR count). The van der Waals surface area contributed by atoms with E-state index in [9.17, 15) is 9.59 Å². The molecule has 2 aromatic carbocycles. The number of para-hydroxylation sites is 2. The number of methoxy groups -OCH3 is 1. The van der Waals surface area contributed by atoms with Gasteiger partial charge in [-0.25, -0.2) is 14.8 Å². The zero-order chi connectivity index (χ0) is 21.1. The fourth-order valence-electron chi connectivity index (χ4n) is 2.84. The van der Waals surface area contributed by atoms with E-state index in [1.807, 2.05) is 24.3 Å². The van der Waals surface area contributed by atoms with Gasteiger partial charge in [0, 0.05) is 0 Å². The number of carbonyl (C=O) groups is 2. The number of aromatic nitrogens is 3.